The molecule has 150 valence electrons. The van der Waals surface area contributed by atoms with Crippen LogP contribution in [0.1, 0.15) is 5.56 Å². The third-order valence-electron chi connectivity index (χ3n) is 5.45. The van der Waals surface area contributed by atoms with Gasteiger partial charge < -0.3 is 14.6 Å². The number of rotatable bonds is 4. The minimum atomic E-state index is 0.0584. The lowest BCUT2D eigenvalue weighted by atomic mass is 10.1. The smallest absolute Gasteiger partial charge is 0.237 e. The van der Waals surface area contributed by atoms with Crippen LogP contribution in [0.25, 0.3) is 22.2 Å². The highest BCUT2D eigenvalue weighted by Gasteiger charge is 2.25. The SMILES string of the molecule is Cn1c(SCC(=O)N2CCc3ccccc32)nnc1-c1cc2ccccc2cc1O. The number of fused-ring (bicyclic) bond motifs is 2. The third kappa shape index (κ3) is 3.21. The molecule has 1 amide bonds. The summed E-state index contributed by atoms with van der Waals surface area (Å²) in [5.41, 5.74) is 2.83. The van der Waals surface area contributed by atoms with E-state index in [0.717, 1.165) is 22.9 Å². The molecule has 0 saturated carbocycles. The molecule has 4 aromatic rings. The summed E-state index contributed by atoms with van der Waals surface area (Å²) < 4.78 is 1.82. The average Bonchev–Trinajstić information content (AvgIpc) is 3.35. The van der Waals surface area contributed by atoms with Gasteiger partial charge in [-0.2, -0.15) is 0 Å². The number of hydrogen-bond acceptors (Lipinski definition) is 5. The quantitative estimate of drug-likeness (QED) is 0.509. The van der Waals surface area contributed by atoms with Crippen molar-refractivity contribution in [2.75, 3.05) is 17.2 Å². The second kappa shape index (κ2) is 7.50. The summed E-state index contributed by atoms with van der Waals surface area (Å²) >= 11 is 1.36. The second-order valence-corrected chi connectivity index (χ2v) is 8.24. The van der Waals surface area contributed by atoms with Crippen LogP contribution in [-0.2, 0) is 18.3 Å². The minimum Gasteiger partial charge on any atom is -0.507 e. The molecule has 1 aromatic heterocycles. The van der Waals surface area contributed by atoms with Crippen molar-refractivity contribution < 1.29 is 9.90 Å². The number of carbonyl (C=O) groups is 1. The standard InChI is InChI=1S/C23H20N4O2S/c1-26-22(18-12-16-7-2-3-8-17(16)13-20(18)28)24-25-23(26)30-14-21(29)27-11-10-15-6-4-5-9-19(15)27/h2-9,12-13,28H,10-11,14H2,1H3. The van der Waals surface area contributed by atoms with Crippen LogP contribution in [0.15, 0.2) is 65.8 Å². The number of nitrogens with zero attached hydrogens (tertiary/aromatic N) is 4. The molecule has 6 nitrogen and oxygen atoms in total. The van der Waals surface area contributed by atoms with E-state index in [2.05, 4.69) is 16.3 Å². The molecule has 1 aliphatic heterocycles. The summed E-state index contributed by atoms with van der Waals surface area (Å²) in [5.74, 6) is 1.07. The molecule has 0 fully saturated rings. The van der Waals surface area contributed by atoms with Gasteiger partial charge in [-0.15, -0.1) is 10.2 Å². The number of carbonyl (C=O) groups excluding carboxylic acids is 1. The first-order chi connectivity index (χ1) is 14.6. The minimum absolute atomic E-state index is 0.0584. The van der Waals surface area contributed by atoms with Gasteiger partial charge in [0, 0.05) is 19.3 Å². The van der Waals surface area contributed by atoms with Crippen molar-refractivity contribution in [1.82, 2.24) is 14.8 Å². The molecule has 0 saturated heterocycles. The third-order valence-corrected chi connectivity index (χ3v) is 6.46. The Hall–Kier alpha value is -3.32. The van der Waals surface area contributed by atoms with Crippen molar-refractivity contribution in [2.45, 2.75) is 11.6 Å². The summed E-state index contributed by atoms with van der Waals surface area (Å²) in [6, 6.07) is 19.5. The highest BCUT2D eigenvalue weighted by molar-refractivity contribution is 7.99. The molecule has 1 N–H and O–H groups in total. The van der Waals surface area contributed by atoms with Gasteiger partial charge in [0.05, 0.1) is 11.3 Å². The first kappa shape index (κ1) is 18.7. The molecule has 0 aliphatic carbocycles. The lowest BCUT2D eigenvalue weighted by Gasteiger charge is -2.16. The Morgan fingerprint density at radius 1 is 1.07 bits per heavy atom. The number of para-hydroxylation sites is 1. The van der Waals surface area contributed by atoms with Gasteiger partial charge in [-0.3, -0.25) is 4.79 Å². The van der Waals surface area contributed by atoms with Crippen molar-refractivity contribution in [2.24, 2.45) is 7.05 Å². The van der Waals surface area contributed by atoms with E-state index in [4.69, 9.17) is 0 Å². The van der Waals surface area contributed by atoms with E-state index in [1.807, 2.05) is 65.0 Å². The summed E-state index contributed by atoms with van der Waals surface area (Å²) in [7, 11) is 1.85. The largest absolute Gasteiger partial charge is 0.507 e. The Morgan fingerprint density at radius 2 is 1.80 bits per heavy atom. The van der Waals surface area contributed by atoms with Gasteiger partial charge in [0.25, 0.3) is 0 Å². The van der Waals surface area contributed by atoms with Crippen molar-refractivity contribution >= 4 is 34.1 Å². The molecule has 7 heteroatoms. The Morgan fingerprint density at radius 3 is 2.63 bits per heavy atom. The van der Waals surface area contributed by atoms with Crippen LogP contribution in [0.4, 0.5) is 5.69 Å². The van der Waals surface area contributed by atoms with E-state index >= 15 is 0 Å². The number of aromatic hydroxyl groups is 1. The maximum absolute atomic E-state index is 12.8. The van der Waals surface area contributed by atoms with Crippen LogP contribution < -0.4 is 4.90 Å². The van der Waals surface area contributed by atoms with Crippen LogP contribution in [0, 0.1) is 0 Å². The fourth-order valence-corrected chi connectivity index (χ4v) is 4.67. The lowest BCUT2D eigenvalue weighted by Crippen LogP contribution is -2.30. The Bertz CT molecular complexity index is 1270. The van der Waals surface area contributed by atoms with Crippen LogP contribution in [0.2, 0.25) is 0 Å². The van der Waals surface area contributed by atoms with Crippen LogP contribution >= 0.6 is 11.8 Å². The number of phenolic OH excluding ortho intramolecular Hbond substituents is 1. The number of anilines is 1. The van der Waals surface area contributed by atoms with Gasteiger partial charge >= 0.3 is 0 Å². The summed E-state index contributed by atoms with van der Waals surface area (Å²) in [6.45, 7) is 0.716. The zero-order chi connectivity index (χ0) is 20.7. The van der Waals surface area contributed by atoms with Crippen molar-refractivity contribution in [3.05, 3.63) is 66.2 Å². The van der Waals surface area contributed by atoms with Gasteiger partial charge in [-0.1, -0.05) is 54.2 Å². The Kier molecular flexibility index (Phi) is 4.67. The first-order valence-corrected chi connectivity index (χ1v) is 10.7. The van der Waals surface area contributed by atoms with E-state index in [1.165, 1.54) is 17.3 Å². The number of phenols is 1. The average molecular weight is 417 g/mol. The molecular formula is C23H20N4O2S. The van der Waals surface area contributed by atoms with Crippen LogP contribution in [0.5, 0.6) is 5.75 Å². The highest BCUT2D eigenvalue weighted by Crippen LogP contribution is 2.34. The fraction of sp³-hybridized carbons (Fsp3) is 0.174. The second-order valence-electron chi connectivity index (χ2n) is 7.29. The maximum Gasteiger partial charge on any atom is 0.237 e. The molecular weight excluding hydrogens is 396 g/mol. The molecule has 3 aromatic carbocycles. The predicted octanol–water partition coefficient (Wildman–Crippen LogP) is 4.02. The van der Waals surface area contributed by atoms with E-state index in [1.54, 1.807) is 6.07 Å². The van der Waals surface area contributed by atoms with Crippen molar-refractivity contribution in [3.63, 3.8) is 0 Å². The molecule has 5 rings (SSSR count). The molecule has 30 heavy (non-hydrogen) atoms. The Balaban J connectivity index is 1.36. The number of benzene rings is 3. The van der Waals surface area contributed by atoms with E-state index in [-0.39, 0.29) is 17.4 Å². The zero-order valence-corrected chi connectivity index (χ0v) is 17.3. The monoisotopic (exact) mass is 416 g/mol. The molecule has 1 aliphatic rings. The van der Waals surface area contributed by atoms with Gasteiger partial charge in [0.1, 0.15) is 5.75 Å². The summed E-state index contributed by atoms with van der Waals surface area (Å²) in [5, 5.41) is 21.6. The van der Waals surface area contributed by atoms with Gasteiger partial charge in [0.2, 0.25) is 5.91 Å². The molecule has 0 atom stereocenters. The lowest BCUT2D eigenvalue weighted by molar-refractivity contribution is -0.116. The van der Waals surface area contributed by atoms with E-state index in [0.29, 0.717) is 23.1 Å². The van der Waals surface area contributed by atoms with Crippen LogP contribution in [-0.4, -0.2) is 38.1 Å². The van der Waals surface area contributed by atoms with E-state index < -0.39 is 0 Å². The zero-order valence-electron chi connectivity index (χ0n) is 16.4. The van der Waals surface area contributed by atoms with Crippen molar-refractivity contribution in [1.29, 1.82) is 0 Å². The Labute approximate surface area is 178 Å². The highest BCUT2D eigenvalue weighted by atomic mass is 32.2. The van der Waals surface area contributed by atoms with Gasteiger partial charge in [-0.25, -0.2) is 0 Å². The van der Waals surface area contributed by atoms with Gasteiger partial charge in [-0.05, 0) is 41.0 Å². The maximum atomic E-state index is 12.8. The summed E-state index contributed by atoms with van der Waals surface area (Å²) in [6.07, 6.45) is 0.891. The van der Waals surface area contributed by atoms with Crippen LogP contribution in [0.3, 0.4) is 0 Å². The number of aromatic nitrogens is 3. The number of thioether (sulfide) groups is 1. The first-order valence-electron chi connectivity index (χ1n) is 9.74. The number of amides is 1. The molecule has 0 bridgehead atoms. The summed E-state index contributed by atoms with van der Waals surface area (Å²) in [4.78, 5) is 14.6. The molecule has 0 radical (unpaired) electrons. The predicted molar refractivity (Wildman–Crippen MR) is 119 cm³/mol. The van der Waals surface area contributed by atoms with Gasteiger partial charge in [0.15, 0.2) is 11.0 Å². The van der Waals surface area contributed by atoms with E-state index in [9.17, 15) is 9.90 Å². The number of hydrogen-bond donors (Lipinski definition) is 1. The molecule has 0 spiro atoms. The molecule has 0 unspecified atom stereocenters. The molecule has 2 heterocycles. The van der Waals surface area contributed by atoms with Crippen molar-refractivity contribution in [3.8, 4) is 17.1 Å². The topological polar surface area (TPSA) is 71.2 Å². The fourth-order valence-electron chi connectivity index (χ4n) is 3.88. The normalized spacial score (nSPS) is 13.0.